The first-order valence-corrected chi connectivity index (χ1v) is 10.3. The second-order valence-electron chi connectivity index (χ2n) is 5.99. The van der Waals surface area contributed by atoms with Crippen LogP contribution in [0.15, 0.2) is 48.5 Å². The second kappa shape index (κ2) is 9.70. The van der Waals surface area contributed by atoms with Crippen LogP contribution in [0.4, 0.5) is 17.1 Å². The molecule has 0 heterocycles. The van der Waals surface area contributed by atoms with Gasteiger partial charge in [0, 0.05) is 42.2 Å². The Labute approximate surface area is 163 Å². The monoisotopic (exact) mass is 406 g/mol. The summed E-state index contributed by atoms with van der Waals surface area (Å²) in [6.45, 7) is 2.52. The summed E-state index contributed by atoms with van der Waals surface area (Å²) in [5, 5.41) is 16.4. The number of nitro groups is 1. The second-order valence-corrected chi connectivity index (χ2v) is 7.83. The summed E-state index contributed by atoms with van der Waals surface area (Å²) in [7, 11) is -3.42. The van der Waals surface area contributed by atoms with Crippen LogP contribution in [0.3, 0.4) is 0 Å². The Kier molecular flexibility index (Phi) is 7.33. The highest BCUT2D eigenvalue weighted by molar-refractivity contribution is 7.92. The van der Waals surface area contributed by atoms with Crippen molar-refractivity contribution in [3.63, 3.8) is 0 Å². The summed E-state index contributed by atoms with van der Waals surface area (Å²) in [6, 6.07) is 12.2. The van der Waals surface area contributed by atoms with Crippen molar-refractivity contribution in [3.05, 3.63) is 64.2 Å². The minimum atomic E-state index is -3.42. The molecule has 150 valence electrons. The van der Waals surface area contributed by atoms with Crippen LogP contribution in [0.1, 0.15) is 23.7 Å². The van der Waals surface area contributed by atoms with Crippen molar-refractivity contribution >= 4 is 33.0 Å². The topological polar surface area (TPSA) is 130 Å². The van der Waals surface area contributed by atoms with Crippen molar-refractivity contribution < 1.29 is 18.1 Å². The van der Waals surface area contributed by atoms with E-state index in [1.165, 1.54) is 18.2 Å². The van der Waals surface area contributed by atoms with Crippen LogP contribution in [0.25, 0.3) is 0 Å². The van der Waals surface area contributed by atoms with E-state index < -0.39 is 14.9 Å². The number of rotatable bonds is 10. The summed E-state index contributed by atoms with van der Waals surface area (Å²) in [5.41, 5.74) is 1.39. The molecule has 0 aromatic heterocycles. The van der Waals surface area contributed by atoms with Crippen LogP contribution in [0.5, 0.6) is 0 Å². The fourth-order valence-electron chi connectivity index (χ4n) is 2.41. The smallest absolute Gasteiger partial charge is 0.269 e. The molecular formula is C18H22N4O5S. The maximum Gasteiger partial charge on any atom is 0.269 e. The van der Waals surface area contributed by atoms with Crippen molar-refractivity contribution in [3.8, 4) is 0 Å². The van der Waals surface area contributed by atoms with Crippen LogP contribution in [-0.2, 0) is 10.0 Å². The van der Waals surface area contributed by atoms with E-state index in [1.807, 2.05) is 0 Å². The van der Waals surface area contributed by atoms with Gasteiger partial charge in [-0.3, -0.25) is 19.6 Å². The Morgan fingerprint density at radius 2 is 1.79 bits per heavy atom. The van der Waals surface area contributed by atoms with Crippen LogP contribution < -0.4 is 15.4 Å². The lowest BCUT2D eigenvalue weighted by molar-refractivity contribution is -0.384. The van der Waals surface area contributed by atoms with Gasteiger partial charge in [0.05, 0.1) is 10.7 Å². The van der Waals surface area contributed by atoms with E-state index in [-0.39, 0.29) is 17.3 Å². The number of carbonyl (C=O) groups is 1. The first-order valence-electron chi connectivity index (χ1n) is 8.68. The Bertz CT molecular complexity index is 929. The third-order valence-corrected chi connectivity index (χ3v) is 5.18. The fraction of sp³-hybridized carbons (Fsp3) is 0.278. The molecular weight excluding hydrogens is 384 g/mol. The van der Waals surface area contributed by atoms with Gasteiger partial charge in [0.15, 0.2) is 0 Å². The van der Waals surface area contributed by atoms with Crippen molar-refractivity contribution in [2.24, 2.45) is 0 Å². The Morgan fingerprint density at radius 3 is 2.43 bits per heavy atom. The van der Waals surface area contributed by atoms with Crippen LogP contribution in [0.2, 0.25) is 0 Å². The quantitative estimate of drug-likeness (QED) is 0.316. The third kappa shape index (κ3) is 6.54. The molecule has 10 heteroatoms. The molecule has 0 unspecified atom stereocenters. The van der Waals surface area contributed by atoms with Gasteiger partial charge in [0.1, 0.15) is 0 Å². The Hall–Kier alpha value is -3.14. The van der Waals surface area contributed by atoms with E-state index in [1.54, 1.807) is 37.3 Å². The molecule has 3 N–H and O–H groups in total. The molecule has 0 saturated carbocycles. The fourth-order valence-corrected chi connectivity index (χ4v) is 3.53. The molecule has 0 fully saturated rings. The zero-order valence-electron chi connectivity index (χ0n) is 15.3. The van der Waals surface area contributed by atoms with Gasteiger partial charge in [0.2, 0.25) is 10.0 Å². The number of sulfonamides is 1. The van der Waals surface area contributed by atoms with Crippen molar-refractivity contribution in [1.29, 1.82) is 0 Å². The zero-order valence-corrected chi connectivity index (χ0v) is 16.2. The standard InChI is InChI=1S/C18H22N4O5S/c1-2-12-28(26,27)21-16-5-3-4-14(13-16)18(23)20-11-10-19-15-6-8-17(9-7-15)22(24)25/h3-9,13,19,21H,2,10-12H2,1H3,(H,20,23). The highest BCUT2D eigenvalue weighted by Gasteiger charge is 2.11. The highest BCUT2D eigenvalue weighted by Crippen LogP contribution is 2.15. The molecule has 1 amide bonds. The predicted octanol–water partition coefficient (Wildman–Crippen LogP) is 2.59. The lowest BCUT2D eigenvalue weighted by Gasteiger charge is -2.10. The van der Waals surface area contributed by atoms with E-state index in [0.29, 0.717) is 36.4 Å². The number of nitrogens with one attached hydrogen (secondary N) is 3. The molecule has 2 aromatic rings. The summed E-state index contributed by atoms with van der Waals surface area (Å²) in [6.07, 6.45) is 0.497. The molecule has 28 heavy (non-hydrogen) atoms. The lowest BCUT2D eigenvalue weighted by atomic mass is 10.2. The molecule has 2 rings (SSSR count). The third-order valence-electron chi connectivity index (χ3n) is 3.69. The SMILES string of the molecule is CCCS(=O)(=O)Nc1cccc(C(=O)NCCNc2ccc([N+](=O)[O-])cc2)c1. The number of nitrogens with zero attached hydrogens (tertiary/aromatic N) is 1. The van der Waals surface area contributed by atoms with E-state index in [4.69, 9.17) is 0 Å². The van der Waals surface area contributed by atoms with Gasteiger partial charge in [-0.2, -0.15) is 0 Å². The van der Waals surface area contributed by atoms with Crippen molar-refractivity contribution in [1.82, 2.24) is 5.32 Å². The number of benzene rings is 2. The maximum absolute atomic E-state index is 12.2. The number of anilines is 2. The van der Waals surface area contributed by atoms with E-state index in [0.717, 1.165) is 0 Å². The molecule has 0 aliphatic carbocycles. The number of non-ortho nitro benzene ring substituents is 1. The van der Waals surface area contributed by atoms with Crippen molar-refractivity contribution in [2.75, 3.05) is 28.9 Å². The molecule has 2 aromatic carbocycles. The van der Waals surface area contributed by atoms with Gasteiger partial charge in [-0.1, -0.05) is 13.0 Å². The molecule has 0 radical (unpaired) electrons. The molecule has 0 atom stereocenters. The largest absolute Gasteiger partial charge is 0.383 e. The van der Waals surface area contributed by atoms with Crippen LogP contribution >= 0.6 is 0 Å². The van der Waals surface area contributed by atoms with E-state index in [2.05, 4.69) is 15.4 Å². The minimum Gasteiger partial charge on any atom is -0.383 e. The molecule has 9 nitrogen and oxygen atoms in total. The van der Waals surface area contributed by atoms with Gasteiger partial charge in [0.25, 0.3) is 11.6 Å². The summed E-state index contributed by atoms with van der Waals surface area (Å²) in [5.74, 6) is -0.320. The number of carbonyl (C=O) groups excluding carboxylic acids is 1. The van der Waals surface area contributed by atoms with Gasteiger partial charge in [-0.05, 0) is 36.8 Å². The number of hydrogen-bond acceptors (Lipinski definition) is 6. The van der Waals surface area contributed by atoms with Crippen LogP contribution in [0, 0.1) is 10.1 Å². The molecule has 0 spiro atoms. The molecule has 0 saturated heterocycles. The maximum atomic E-state index is 12.2. The molecule has 0 aliphatic heterocycles. The molecule has 0 aliphatic rings. The Morgan fingerprint density at radius 1 is 1.07 bits per heavy atom. The average molecular weight is 406 g/mol. The summed E-state index contributed by atoms with van der Waals surface area (Å²) >= 11 is 0. The summed E-state index contributed by atoms with van der Waals surface area (Å²) < 4.78 is 26.1. The van der Waals surface area contributed by atoms with Gasteiger partial charge < -0.3 is 10.6 Å². The van der Waals surface area contributed by atoms with Gasteiger partial charge >= 0.3 is 0 Å². The van der Waals surface area contributed by atoms with Gasteiger partial charge in [-0.15, -0.1) is 0 Å². The number of nitro benzene ring substituents is 1. The van der Waals surface area contributed by atoms with Gasteiger partial charge in [-0.25, -0.2) is 8.42 Å². The highest BCUT2D eigenvalue weighted by atomic mass is 32.2. The Balaban J connectivity index is 1.84. The van der Waals surface area contributed by atoms with Crippen molar-refractivity contribution in [2.45, 2.75) is 13.3 Å². The normalized spacial score (nSPS) is 10.9. The first kappa shape index (κ1) is 21.2. The first-order chi connectivity index (χ1) is 13.3. The lowest BCUT2D eigenvalue weighted by Crippen LogP contribution is -2.28. The zero-order chi connectivity index (χ0) is 20.6. The summed E-state index contributed by atoms with van der Waals surface area (Å²) in [4.78, 5) is 22.4. The number of amides is 1. The minimum absolute atomic E-state index is 0.00768. The van der Waals surface area contributed by atoms with E-state index >= 15 is 0 Å². The van der Waals surface area contributed by atoms with E-state index in [9.17, 15) is 23.3 Å². The van der Waals surface area contributed by atoms with Crippen LogP contribution in [-0.4, -0.2) is 38.1 Å². The predicted molar refractivity (Wildman–Crippen MR) is 108 cm³/mol. The molecule has 0 bridgehead atoms. The average Bonchev–Trinajstić information content (AvgIpc) is 2.65. The number of hydrogen-bond donors (Lipinski definition) is 3.